The first-order valence-electron chi connectivity index (χ1n) is 9.55. The lowest BCUT2D eigenvalue weighted by Crippen LogP contribution is -2.04. The summed E-state index contributed by atoms with van der Waals surface area (Å²) in [6, 6.07) is 21.5. The van der Waals surface area contributed by atoms with Crippen LogP contribution in [0.15, 0.2) is 72.8 Å². The van der Waals surface area contributed by atoms with E-state index in [1.165, 1.54) is 12.1 Å². The van der Waals surface area contributed by atoms with Gasteiger partial charge in [-0.3, -0.25) is 0 Å². The third-order valence-electron chi connectivity index (χ3n) is 4.82. The summed E-state index contributed by atoms with van der Waals surface area (Å²) < 4.78 is 12.2. The number of nitrogens with two attached hydrogens (primary N) is 1. The summed E-state index contributed by atoms with van der Waals surface area (Å²) in [5, 5.41) is 10.2. The van der Waals surface area contributed by atoms with E-state index < -0.39 is 5.97 Å². The number of benzene rings is 3. The number of aromatic carboxylic acids is 1. The zero-order valence-electron chi connectivity index (χ0n) is 16.9. The normalized spacial score (nSPS) is 10.4. The molecule has 3 N–H and O–H groups in total. The fraction of sp³-hybridized carbons (Fsp3) is 0.120. The Morgan fingerprint density at radius 3 is 2.20 bits per heavy atom. The number of hydrogen-bond acceptors (Lipinski definition) is 3. The van der Waals surface area contributed by atoms with Crippen molar-refractivity contribution in [1.82, 2.24) is 4.98 Å². The highest BCUT2D eigenvalue weighted by molar-refractivity contribution is 6.05. The third-order valence-corrected chi connectivity index (χ3v) is 4.82. The van der Waals surface area contributed by atoms with Crippen LogP contribution in [0.3, 0.4) is 0 Å². The summed E-state index contributed by atoms with van der Waals surface area (Å²) >= 11 is 0. The van der Waals surface area contributed by atoms with E-state index in [1.807, 2.05) is 56.3 Å². The zero-order valence-corrected chi connectivity index (χ0v) is 16.9. The molecule has 4 aromatic rings. The SMILES string of the molecule is Cc1ccc(-c2nc3ccccc3c(C(=O)O)c2C)cc1.NCc1ccc(F)cc1. The number of carboxylic acid groups (broad SMARTS) is 1. The van der Waals surface area contributed by atoms with Gasteiger partial charge in [-0.15, -0.1) is 0 Å². The Hall–Kier alpha value is -3.57. The van der Waals surface area contributed by atoms with Crippen LogP contribution in [-0.2, 0) is 6.54 Å². The molecule has 0 aliphatic rings. The number of pyridine rings is 1. The lowest BCUT2D eigenvalue weighted by molar-refractivity contribution is 0.0698. The number of fused-ring (bicyclic) bond motifs is 1. The topological polar surface area (TPSA) is 76.2 Å². The number of carbonyl (C=O) groups is 1. The number of rotatable bonds is 3. The van der Waals surface area contributed by atoms with Crippen LogP contribution in [0.2, 0.25) is 0 Å². The van der Waals surface area contributed by atoms with Crippen molar-refractivity contribution < 1.29 is 14.3 Å². The van der Waals surface area contributed by atoms with Gasteiger partial charge >= 0.3 is 5.97 Å². The maximum absolute atomic E-state index is 12.2. The predicted molar refractivity (Wildman–Crippen MR) is 118 cm³/mol. The number of aromatic nitrogens is 1. The molecule has 4 rings (SSSR count). The van der Waals surface area contributed by atoms with E-state index in [2.05, 4.69) is 4.98 Å². The van der Waals surface area contributed by atoms with Crippen LogP contribution >= 0.6 is 0 Å². The summed E-state index contributed by atoms with van der Waals surface area (Å²) in [4.78, 5) is 16.3. The second kappa shape index (κ2) is 9.29. The number of hydrogen-bond donors (Lipinski definition) is 2. The van der Waals surface area contributed by atoms with Gasteiger partial charge in [0.05, 0.1) is 16.8 Å². The molecule has 4 nitrogen and oxygen atoms in total. The average molecular weight is 402 g/mol. The number of para-hydroxylation sites is 1. The third kappa shape index (κ3) is 4.70. The van der Waals surface area contributed by atoms with Gasteiger partial charge in [0.25, 0.3) is 0 Å². The largest absolute Gasteiger partial charge is 0.478 e. The van der Waals surface area contributed by atoms with E-state index >= 15 is 0 Å². The lowest BCUT2D eigenvalue weighted by Gasteiger charge is -2.12. The Kier molecular flexibility index (Phi) is 6.54. The van der Waals surface area contributed by atoms with Crippen LogP contribution in [0.4, 0.5) is 4.39 Å². The summed E-state index contributed by atoms with van der Waals surface area (Å²) in [6.45, 7) is 4.31. The van der Waals surface area contributed by atoms with Crippen LogP contribution in [0.25, 0.3) is 22.2 Å². The van der Waals surface area contributed by atoms with Gasteiger partial charge in [-0.1, -0.05) is 60.2 Å². The van der Waals surface area contributed by atoms with E-state index in [9.17, 15) is 14.3 Å². The molecule has 0 aliphatic heterocycles. The first kappa shape index (κ1) is 21.1. The number of carboxylic acids is 1. The van der Waals surface area contributed by atoms with Gasteiger partial charge in [-0.25, -0.2) is 14.2 Å². The molecule has 152 valence electrons. The maximum atomic E-state index is 12.2. The molecule has 5 heteroatoms. The zero-order chi connectivity index (χ0) is 21.7. The molecular weight excluding hydrogens is 379 g/mol. The Labute approximate surface area is 174 Å². The standard InChI is InChI=1S/C18H15NO2.C7H8FN/c1-11-7-9-13(10-8-11)17-12(2)16(18(20)21)14-5-3-4-6-15(14)19-17;8-7-3-1-6(5-9)2-4-7/h3-10H,1-2H3,(H,20,21);1-4H,5,9H2. The van der Waals surface area contributed by atoms with Gasteiger partial charge in [-0.05, 0) is 43.2 Å². The molecule has 0 fully saturated rings. The second-order valence-electron chi connectivity index (χ2n) is 6.98. The summed E-state index contributed by atoms with van der Waals surface area (Å²) in [6.07, 6.45) is 0. The van der Waals surface area contributed by atoms with Crippen molar-refractivity contribution in [2.75, 3.05) is 0 Å². The minimum Gasteiger partial charge on any atom is -0.478 e. The van der Waals surface area contributed by atoms with Crippen LogP contribution < -0.4 is 5.73 Å². The van der Waals surface area contributed by atoms with Crippen LogP contribution in [0.5, 0.6) is 0 Å². The maximum Gasteiger partial charge on any atom is 0.336 e. The van der Waals surface area contributed by atoms with E-state index in [0.717, 1.165) is 22.4 Å². The van der Waals surface area contributed by atoms with Gasteiger partial charge in [-0.2, -0.15) is 0 Å². The van der Waals surface area contributed by atoms with Crippen molar-refractivity contribution in [3.05, 3.63) is 101 Å². The second-order valence-corrected chi connectivity index (χ2v) is 6.98. The molecule has 0 aliphatic carbocycles. The van der Waals surface area contributed by atoms with E-state index in [4.69, 9.17) is 5.73 Å². The number of halogens is 1. The molecule has 30 heavy (non-hydrogen) atoms. The van der Waals surface area contributed by atoms with Crippen molar-refractivity contribution in [1.29, 1.82) is 0 Å². The quantitative estimate of drug-likeness (QED) is 0.474. The molecule has 0 radical (unpaired) electrons. The van der Waals surface area contributed by atoms with Crippen LogP contribution in [0.1, 0.15) is 27.0 Å². The van der Waals surface area contributed by atoms with Crippen molar-refractivity contribution in [2.45, 2.75) is 20.4 Å². The van der Waals surface area contributed by atoms with Crippen LogP contribution in [-0.4, -0.2) is 16.1 Å². The first-order valence-corrected chi connectivity index (χ1v) is 9.55. The Bertz CT molecular complexity index is 1170. The molecule has 0 atom stereocenters. The monoisotopic (exact) mass is 402 g/mol. The molecule has 1 heterocycles. The van der Waals surface area contributed by atoms with Gasteiger partial charge < -0.3 is 10.8 Å². The van der Waals surface area contributed by atoms with Gasteiger partial charge in [0, 0.05) is 17.5 Å². The number of nitrogens with zero attached hydrogens (tertiary/aromatic N) is 1. The molecule has 0 saturated heterocycles. The molecular formula is C25H23FN2O2. The van der Waals surface area contributed by atoms with Crippen molar-refractivity contribution >= 4 is 16.9 Å². The van der Waals surface area contributed by atoms with Gasteiger partial charge in [0.15, 0.2) is 0 Å². The highest BCUT2D eigenvalue weighted by Gasteiger charge is 2.17. The molecule has 0 unspecified atom stereocenters. The Balaban J connectivity index is 0.000000239. The highest BCUT2D eigenvalue weighted by atomic mass is 19.1. The van der Waals surface area contributed by atoms with Gasteiger partial charge in [0.1, 0.15) is 5.82 Å². The van der Waals surface area contributed by atoms with Crippen molar-refractivity contribution in [3.8, 4) is 11.3 Å². The van der Waals surface area contributed by atoms with Gasteiger partial charge in [0.2, 0.25) is 0 Å². The van der Waals surface area contributed by atoms with E-state index in [0.29, 0.717) is 28.6 Å². The fourth-order valence-electron chi connectivity index (χ4n) is 3.20. The molecule has 0 bridgehead atoms. The van der Waals surface area contributed by atoms with Crippen molar-refractivity contribution in [2.24, 2.45) is 5.73 Å². The highest BCUT2D eigenvalue weighted by Crippen LogP contribution is 2.29. The first-order chi connectivity index (χ1) is 14.4. The predicted octanol–water partition coefficient (Wildman–Crippen LogP) is 5.50. The summed E-state index contributed by atoms with van der Waals surface area (Å²) in [5.74, 6) is -1.13. The summed E-state index contributed by atoms with van der Waals surface area (Å²) in [5.41, 5.74) is 10.8. The Morgan fingerprint density at radius 2 is 1.60 bits per heavy atom. The summed E-state index contributed by atoms with van der Waals surface area (Å²) in [7, 11) is 0. The minimum absolute atomic E-state index is 0.216. The minimum atomic E-state index is -0.917. The van der Waals surface area contributed by atoms with E-state index in [-0.39, 0.29) is 5.82 Å². The lowest BCUT2D eigenvalue weighted by atomic mass is 9.97. The average Bonchev–Trinajstić information content (AvgIpc) is 2.75. The van der Waals surface area contributed by atoms with E-state index in [1.54, 1.807) is 18.2 Å². The molecule has 1 aromatic heterocycles. The van der Waals surface area contributed by atoms with Crippen LogP contribution in [0, 0.1) is 19.7 Å². The molecule has 3 aromatic carbocycles. The number of aryl methyl sites for hydroxylation is 1. The smallest absolute Gasteiger partial charge is 0.336 e. The molecule has 0 spiro atoms. The molecule has 0 amide bonds. The fourth-order valence-corrected chi connectivity index (χ4v) is 3.20. The van der Waals surface area contributed by atoms with Crippen molar-refractivity contribution in [3.63, 3.8) is 0 Å². The Morgan fingerprint density at radius 1 is 0.967 bits per heavy atom. The molecule has 0 saturated carbocycles.